The summed E-state index contributed by atoms with van der Waals surface area (Å²) in [5, 5.41) is 13.4. The van der Waals surface area contributed by atoms with Crippen molar-refractivity contribution in [1.82, 2.24) is 19.9 Å². The normalized spacial score (nSPS) is 12.7. The Labute approximate surface area is 139 Å². The molecule has 0 saturated carbocycles. The Balaban J connectivity index is 1.90. The first-order valence-electron chi connectivity index (χ1n) is 7.75. The number of benzene rings is 1. The lowest BCUT2D eigenvalue weighted by Crippen LogP contribution is -2.33. The minimum Gasteiger partial charge on any atom is -0.353 e. The van der Waals surface area contributed by atoms with E-state index in [2.05, 4.69) is 41.5 Å². The highest BCUT2D eigenvalue weighted by Gasteiger charge is 2.13. The van der Waals surface area contributed by atoms with Crippen molar-refractivity contribution in [3.63, 3.8) is 0 Å². The fourth-order valence-corrected chi connectivity index (χ4v) is 3.28. The average molecular weight is 328 g/mol. The van der Waals surface area contributed by atoms with Gasteiger partial charge in [0.1, 0.15) is 0 Å². The van der Waals surface area contributed by atoms with Crippen molar-refractivity contribution in [1.29, 1.82) is 0 Å². The standard InChI is InChI=1S/C17H20N4OS/c1-4-12(3)18-16(22)10-23-17-20-19-15-9-11(2)13-7-5-6-8-14(13)21(15)17/h5-9,12H,4,10H2,1-3H3,(H,18,22)/t12-/m1/s1. The SMILES string of the molecule is CC[C@@H](C)NC(=O)CSc1nnc2cc(C)c3ccccc3n12. The van der Waals surface area contributed by atoms with Crippen LogP contribution in [0, 0.1) is 6.92 Å². The fourth-order valence-electron chi connectivity index (χ4n) is 2.52. The number of fused-ring (bicyclic) bond motifs is 3. The van der Waals surface area contributed by atoms with Crippen molar-refractivity contribution in [3.05, 3.63) is 35.9 Å². The van der Waals surface area contributed by atoms with E-state index in [1.54, 1.807) is 0 Å². The van der Waals surface area contributed by atoms with Gasteiger partial charge in [0.25, 0.3) is 0 Å². The molecule has 0 aliphatic carbocycles. The van der Waals surface area contributed by atoms with Crippen molar-refractivity contribution in [2.75, 3.05) is 5.75 Å². The molecule has 23 heavy (non-hydrogen) atoms. The molecule has 2 heterocycles. The number of thioether (sulfide) groups is 1. The van der Waals surface area contributed by atoms with E-state index in [0.717, 1.165) is 22.7 Å². The van der Waals surface area contributed by atoms with Gasteiger partial charge in [0.2, 0.25) is 5.91 Å². The van der Waals surface area contributed by atoms with Crippen LogP contribution in [0.25, 0.3) is 16.6 Å². The zero-order chi connectivity index (χ0) is 16.4. The number of hydrogen-bond acceptors (Lipinski definition) is 4. The molecule has 0 aliphatic rings. The number of pyridine rings is 1. The Kier molecular flexibility index (Phi) is 4.52. The highest BCUT2D eigenvalue weighted by Crippen LogP contribution is 2.25. The Morgan fingerprint density at radius 3 is 2.91 bits per heavy atom. The molecule has 0 aliphatic heterocycles. The predicted molar refractivity (Wildman–Crippen MR) is 93.8 cm³/mol. The molecular weight excluding hydrogens is 308 g/mol. The van der Waals surface area contributed by atoms with E-state index in [4.69, 9.17) is 0 Å². The highest BCUT2D eigenvalue weighted by atomic mass is 32.2. The van der Waals surface area contributed by atoms with Crippen LogP contribution in [0.4, 0.5) is 0 Å². The lowest BCUT2D eigenvalue weighted by Gasteiger charge is -2.11. The quantitative estimate of drug-likeness (QED) is 0.731. The van der Waals surface area contributed by atoms with Crippen LogP contribution in [-0.4, -0.2) is 32.3 Å². The van der Waals surface area contributed by atoms with E-state index in [1.807, 2.05) is 29.5 Å². The summed E-state index contributed by atoms with van der Waals surface area (Å²) >= 11 is 1.42. The molecule has 3 aromatic rings. The number of nitrogens with zero attached hydrogens (tertiary/aromatic N) is 3. The molecule has 0 fully saturated rings. The molecule has 3 rings (SSSR count). The van der Waals surface area contributed by atoms with Gasteiger partial charge in [-0.05, 0) is 38.0 Å². The van der Waals surface area contributed by atoms with E-state index in [0.29, 0.717) is 5.75 Å². The number of hydrogen-bond donors (Lipinski definition) is 1. The Bertz CT molecular complexity index is 858. The van der Waals surface area contributed by atoms with Gasteiger partial charge >= 0.3 is 0 Å². The van der Waals surface area contributed by atoms with Gasteiger partial charge in [-0.2, -0.15) is 0 Å². The lowest BCUT2D eigenvalue weighted by molar-refractivity contribution is -0.119. The van der Waals surface area contributed by atoms with Crippen LogP contribution in [0.3, 0.4) is 0 Å². The van der Waals surface area contributed by atoms with E-state index in [9.17, 15) is 4.79 Å². The average Bonchev–Trinajstić information content (AvgIpc) is 2.96. The molecule has 0 spiro atoms. The minimum atomic E-state index is 0.0255. The molecule has 2 aromatic heterocycles. The predicted octanol–water partition coefficient (Wildman–Crippen LogP) is 3.20. The molecule has 1 aromatic carbocycles. The second kappa shape index (κ2) is 6.58. The Morgan fingerprint density at radius 1 is 1.35 bits per heavy atom. The van der Waals surface area contributed by atoms with Gasteiger partial charge in [-0.25, -0.2) is 0 Å². The lowest BCUT2D eigenvalue weighted by atomic mass is 10.1. The van der Waals surface area contributed by atoms with Gasteiger partial charge in [-0.3, -0.25) is 9.20 Å². The summed E-state index contributed by atoms with van der Waals surface area (Å²) in [5.41, 5.74) is 3.05. The van der Waals surface area contributed by atoms with E-state index >= 15 is 0 Å². The van der Waals surface area contributed by atoms with Crippen molar-refractivity contribution in [3.8, 4) is 0 Å². The van der Waals surface area contributed by atoms with Crippen LogP contribution in [0.15, 0.2) is 35.5 Å². The molecular formula is C17H20N4OS. The minimum absolute atomic E-state index is 0.0255. The van der Waals surface area contributed by atoms with Crippen molar-refractivity contribution < 1.29 is 4.79 Å². The number of rotatable bonds is 5. The fraction of sp³-hybridized carbons (Fsp3) is 0.353. The molecule has 1 atom stereocenters. The van der Waals surface area contributed by atoms with E-state index < -0.39 is 0 Å². The van der Waals surface area contributed by atoms with Crippen molar-refractivity contribution >= 4 is 34.2 Å². The number of carbonyl (C=O) groups is 1. The number of amides is 1. The number of nitrogens with one attached hydrogen (secondary N) is 1. The molecule has 0 saturated heterocycles. The maximum absolute atomic E-state index is 12.0. The Morgan fingerprint density at radius 2 is 2.13 bits per heavy atom. The van der Waals surface area contributed by atoms with E-state index in [-0.39, 0.29) is 11.9 Å². The van der Waals surface area contributed by atoms with Crippen LogP contribution >= 0.6 is 11.8 Å². The molecule has 120 valence electrons. The third kappa shape index (κ3) is 3.17. The second-order valence-corrected chi connectivity index (χ2v) is 6.63. The van der Waals surface area contributed by atoms with Crippen LogP contribution in [0.1, 0.15) is 25.8 Å². The van der Waals surface area contributed by atoms with Crippen LogP contribution < -0.4 is 5.32 Å². The molecule has 5 nitrogen and oxygen atoms in total. The van der Waals surface area contributed by atoms with Crippen LogP contribution in [0.5, 0.6) is 0 Å². The van der Waals surface area contributed by atoms with Gasteiger partial charge in [-0.1, -0.05) is 36.9 Å². The number of para-hydroxylation sites is 1. The number of aryl methyl sites for hydroxylation is 1. The molecule has 0 bridgehead atoms. The van der Waals surface area contributed by atoms with E-state index in [1.165, 1.54) is 22.7 Å². The molecule has 1 amide bonds. The first-order valence-corrected chi connectivity index (χ1v) is 8.74. The summed E-state index contributed by atoms with van der Waals surface area (Å²) in [6.45, 7) is 6.13. The molecule has 1 N–H and O–H groups in total. The number of carbonyl (C=O) groups excluding carboxylic acids is 1. The summed E-state index contributed by atoms with van der Waals surface area (Å²) in [6.07, 6.45) is 0.925. The van der Waals surface area contributed by atoms with Crippen molar-refractivity contribution in [2.45, 2.75) is 38.4 Å². The summed E-state index contributed by atoms with van der Waals surface area (Å²) in [4.78, 5) is 12.0. The third-order valence-electron chi connectivity index (χ3n) is 3.93. The Hall–Kier alpha value is -2.08. The van der Waals surface area contributed by atoms with Gasteiger partial charge in [-0.15, -0.1) is 10.2 Å². The highest BCUT2D eigenvalue weighted by molar-refractivity contribution is 7.99. The topological polar surface area (TPSA) is 59.3 Å². The monoisotopic (exact) mass is 328 g/mol. The largest absolute Gasteiger partial charge is 0.353 e. The van der Waals surface area contributed by atoms with Crippen LogP contribution in [-0.2, 0) is 4.79 Å². The smallest absolute Gasteiger partial charge is 0.230 e. The number of aromatic nitrogens is 3. The summed E-state index contributed by atoms with van der Waals surface area (Å²) in [5.74, 6) is 0.366. The zero-order valence-electron chi connectivity index (χ0n) is 13.5. The van der Waals surface area contributed by atoms with Crippen LogP contribution in [0.2, 0.25) is 0 Å². The summed E-state index contributed by atoms with van der Waals surface area (Å²) in [6, 6.07) is 10.4. The zero-order valence-corrected chi connectivity index (χ0v) is 14.4. The first-order chi connectivity index (χ1) is 11.1. The molecule has 0 radical (unpaired) electrons. The van der Waals surface area contributed by atoms with Gasteiger partial charge in [0, 0.05) is 11.4 Å². The van der Waals surface area contributed by atoms with Gasteiger partial charge in [0.15, 0.2) is 10.8 Å². The van der Waals surface area contributed by atoms with Gasteiger partial charge < -0.3 is 5.32 Å². The van der Waals surface area contributed by atoms with Gasteiger partial charge in [0.05, 0.1) is 11.3 Å². The molecule has 0 unspecified atom stereocenters. The summed E-state index contributed by atoms with van der Waals surface area (Å²) in [7, 11) is 0. The third-order valence-corrected chi connectivity index (χ3v) is 4.85. The summed E-state index contributed by atoms with van der Waals surface area (Å²) < 4.78 is 2.02. The van der Waals surface area contributed by atoms with Crippen molar-refractivity contribution in [2.24, 2.45) is 0 Å². The molecule has 6 heteroatoms. The maximum Gasteiger partial charge on any atom is 0.230 e. The first kappa shape index (κ1) is 15.8. The maximum atomic E-state index is 12.0. The second-order valence-electron chi connectivity index (χ2n) is 5.69.